The molecule has 0 radical (unpaired) electrons. The molecule has 1 fully saturated rings. The lowest BCUT2D eigenvalue weighted by Crippen LogP contribution is -2.27. The molecule has 1 aliphatic rings. The monoisotopic (exact) mass is 200 g/mol. The van der Waals surface area contributed by atoms with E-state index < -0.39 is 0 Å². The van der Waals surface area contributed by atoms with Crippen LogP contribution in [0.15, 0.2) is 0 Å². The Morgan fingerprint density at radius 3 is 2.64 bits per heavy atom. The van der Waals surface area contributed by atoms with Crippen LogP contribution in [-0.4, -0.2) is 26.3 Å². The van der Waals surface area contributed by atoms with Crippen molar-refractivity contribution in [3.8, 4) is 0 Å². The van der Waals surface area contributed by atoms with Gasteiger partial charge in [-0.2, -0.15) is 0 Å². The second-order valence-electron chi connectivity index (χ2n) is 3.93. The van der Waals surface area contributed by atoms with Gasteiger partial charge >= 0.3 is 5.97 Å². The van der Waals surface area contributed by atoms with Crippen LogP contribution in [0.2, 0.25) is 0 Å². The van der Waals surface area contributed by atoms with E-state index in [-0.39, 0.29) is 5.97 Å². The molecule has 1 aliphatic carbocycles. The van der Waals surface area contributed by atoms with Crippen LogP contribution in [0.3, 0.4) is 0 Å². The third kappa shape index (κ3) is 3.29. The molecular formula is C11H20O3. The summed E-state index contributed by atoms with van der Waals surface area (Å²) in [6.45, 7) is 0. The number of hydrogen-bond acceptors (Lipinski definition) is 3. The number of methoxy groups -OCH3 is 2. The highest BCUT2D eigenvalue weighted by atomic mass is 16.5. The van der Waals surface area contributed by atoms with E-state index >= 15 is 0 Å². The van der Waals surface area contributed by atoms with Crippen LogP contribution in [0.1, 0.15) is 38.5 Å². The average Bonchev–Trinajstić information content (AvgIpc) is 2.26. The Balaban J connectivity index is 2.29. The molecule has 0 aromatic carbocycles. The van der Waals surface area contributed by atoms with Gasteiger partial charge in [-0.05, 0) is 25.2 Å². The molecule has 0 N–H and O–H groups in total. The summed E-state index contributed by atoms with van der Waals surface area (Å²) < 4.78 is 10.0. The summed E-state index contributed by atoms with van der Waals surface area (Å²) in [5.74, 6) is 0.443. The number of esters is 1. The van der Waals surface area contributed by atoms with E-state index in [2.05, 4.69) is 4.74 Å². The molecule has 0 amide bonds. The minimum Gasteiger partial charge on any atom is -0.469 e. The van der Waals surface area contributed by atoms with Gasteiger partial charge in [-0.3, -0.25) is 4.79 Å². The van der Waals surface area contributed by atoms with E-state index in [4.69, 9.17) is 4.74 Å². The molecule has 1 saturated carbocycles. The van der Waals surface area contributed by atoms with Gasteiger partial charge in [-0.25, -0.2) is 0 Å². The number of carbonyl (C=O) groups is 1. The van der Waals surface area contributed by atoms with Gasteiger partial charge in [0.2, 0.25) is 0 Å². The van der Waals surface area contributed by atoms with Crippen molar-refractivity contribution >= 4 is 5.97 Å². The first kappa shape index (κ1) is 11.5. The summed E-state index contributed by atoms with van der Waals surface area (Å²) in [5, 5.41) is 0. The zero-order valence-corrected chi connectivity index (χ0v) is 9.12. The fraction of sp³-hybridized carbons (Fsp3) is 0.909. The third-order valence-corrected chi connectivity index (χ3v) is 3.09. The zero-order chi connectivity index (χ0) is 10.4. The topological polar surface area (TPSA) is 35.5 Å². The Hall–Kier alpha value is -0.570. The van der Waals surface area contributed by atoms with Crippen LogP contribution in [-0.2, 0) is 14.3 Å². The van der Waals surface area contributed by atoms with E-state index in [9.17, 15) is 4.79 Å². The summed E-state index contributed by atoms with van der Waals surface area (Å²) in [7, 11) is 3.21. The largest absolute Gasteiger partial charge is 0.469 e. The summed E-state index contributed by atoms with van der Waals surface area (Å²) in [5.41, 5.74) is 0. The van der Waals surface area contributed by atoms with E-state index in [0.29, 0.717) is 18.4 Å². The summed E-state index contributed by atoms with van der Waals surface area (Å²) in [6.07, 6.45) is 6.65. The van der Waals surface area contributed by atoms with Gasteiger partial charge in [-0.15, -0.1) is 0 Å². The molecule has 3 nitrogen and oxygen atoms in total. The normalized spacial score (nSPS) is 27.3. The van der Waals surface area contributed by atoms with Crippen molar-refractivity contribution in [3.05, 3.63) is 0 Å². The fourth-order valence-corrected chi connectivity index (χ4v) is 2.22. The van der Waals surface area contributed by atoms with Crippen molar-refractivity contribution in [2.24, 2.45) is 5.92 Å². The Labute approximate surface area is 85.8 Å². The molecule has 3 heteroatoms. The SMILES string of the molecule is COC(=O)CC[C@@H]1CCCC[C@@H]1OC. The maximum atomic E-state index is 11.0. The second-order valence-corrected chi connectivity index (χ2v) is 3.93. The highest BCUT2D eigenvalue weighted by molar-refractivity contribution is 5.69. The maximum absolute atomic E-state index is 11.0. The highest BCUT2D eigenvalue weighted by Crippen LogP contribution is 2.29. The van der Waals surface area contributed by atoms with Gasteiger partial charge in [0, 0.05) is 13.5 Å². The van der Waals surface area contributed by atoms with Crippen molar-refractivity contribution in [3.63, 3.8) is 0 Å². The van der Waals surface area contributed by atoms with Gasteiger partial charge in [-0.1, -0.05) is 12.8 Å². The maximum Gasteiger partial charge on any atom is 0.305 e. The predicted octanol–water partition coefficient (Wildman–Crippen LogP) is 2.14. The molecule has 0 aliphatic heterocycles. The first-order valence-electron chi connectivity index (χ1n) is 5.37. The molecule has 0 aromatic heterocycles. The molecule has 82 valence electrons. The molecule has 0 aromatic rings. The van der Waals surface area contributed by atoms with Gasteiger partial charge < -0.3 is 9.47 Å². The lowest BCUT2D eigenvalue weighted by atomic mass is 9.83. The lowest BCUT2D eigenvalue weighted by molar-refractivity contribution is -0.141. The number of rotatable bonds is 4. The van der Waals surface area contributed by atoms with Crippen LogP contribution in [0.25, 0.3) is 0 Å². The average molecular weight is 200 g/mol. The Morgan fingerprint density at radius 1 is 1.29 bits per heavy atom. The third-order valence-electron chi connectivity index (χ3n) is 3.09. The van der Waals surface area contributed by atoms with Gasteiger partial charge in [0.25, 0.3) is 0 Å². The number of hydrogen-bond donors (Lipinski definition) is 0. The Morgan fingerprint density at radius 2 is 2.00 bits per heavy atom. The molecule has 14 heavy (non-hydrogen) atoms. The Bertz CT molecular complexity index is 179. The summed E-state index contributed by atoms with van der Waals surface area (Å²) in [4.78, 5) is 11.0. The molecule has 2 atom stereocenters. The number of ether oxygens (including phenoxy) is 2. The van der Waals surface area contributed by atoms with E-state index in [1.807, 2.05) is 0 Å². The highest BCUT2D eigenvalue weighted by Gasteiger charge is 2.25. The first-order chi connectivity index (χ1) is 6.77. The lowest BCUT2D eigenvalue weighted by Gasteiger charge is -2.30. The Kier molecular flexibility index (Phi) is 4.94. The molecule has 0 unspecified atom stereocenters. The van der Waals surface area contributed by atoms with Crippen LogP contribution < -0.4 is 0 Å². The molecule has 0 bridgehead atoms. The van der Waals surface area contributed by atoms with Crippen molar-refractivity contribution in [1.29, 1.82) is 0 Å². The van der Waals surface area contributed by atoms with Crippen LogP contribution in [0, 0.1) is 5.92 Å². The molecule has 0 spiro atoms. The molecule has 0 heterocycles. The fourth-order valence-electron chi connectivity index (χ4n) is 2.22. The van der Waals surface area contributed by atoms with Gasteiger partial charge in [0.15, 0.2) is 0 Å². The second kappa shape index (κ2) is 6.02. The summed E-state index contributed by atoms with van der Waals surface area (Å²) in [6, 6.07) is 0. The van der Waals surface area contributed by atoms with Crippen molar-refractivity contribution in [2.45, 2.75) is 44.6 Å². The summed E-state index contributed by atoms with van der Waals surface area (Å²) >= 11 is 0. The van der Waals surface area contributed by atoms with E-state index in [0.717, 1.165) is 12.8 Å². The quantitative estimate of drug-likeness (QED) is 0.652. The van der Waals surface area contributed by atoms with E-state index in [1.165, 1.54) is 26.4 Å². The van der Waals surface area contributed by atoms with Gasteiger partial charge in [0.05, 0.1) is 13.2 Å². The first-order valence-corrected chi connectivity index (χ1v) is 5.37. The minimum absolute atomic E-state index is 0.106. The molecule has 0 saturated heterocycles. The zero-order valence-electron chi connectivity index (χ0n) is 9.12. The van der Waals surface area contributed by atoms with Crippen LogP contribution >= 0.6 is 0 Å². The van der Waals surface area contributed by atoms with Gasteiger partial charge in [0.1, 0.15) is 0 Å². The smallest absolute Gasteiger partial charge is 0.305 e. The standard InChI is InChI=1S/C11H20O3/c1-13-10-6-4-3-5-9(10)7-8-11(12)14-2/h9-10H,3-8H2,1-2H3/t9-,10-/m0/s1. The molecule has 1 rings (SSSR count). The van der Waals surface area contributed by atoms with Crippen LogP contribution in [0.4, 0.5) is 0 Å². The van der Waals surface area contributed by atoms with Crippen LogP contribution in [0.5, 0.6) is 0 Å². The van der Waals surface area contributed by atoms with E-state index in [1.54, 1.807) is 7.11 Å². The number of carbonyl (C=O) groups excluding carboxylic acids is 1. The van der Waals surface area contributed by atoms with Crippen molar-refractivity contribution in [2.75, 3.05) is 14.2 Å². The van der Waals surface area contributed by atoms with Crippen molar-refractivity contribution < 1.29 is 14.3 Å². The predicted molar refractivity (Wildman–Crippen MR) is 54.0 cm³/mol. The minimum atomic E-state index is -0.106. The molecular weight excluding hydrogens is 180 g/mol. The van der Waals surface area contributed by atoms with Crippen molar-refractivity contribution in [1.82, 2.24) is 0 Å².